The zero-order chi connectivity index (χ0) is 19.9. The molecule has 0 saturated carbocycles. The van der Waals surface area contributed by atoms with Gasteiger partial charge in [-0.15, -0.1) is 0 Å². The van der Waals surface area contributed by atoms with Gasteiger partial charge < -0.3 is 20.5 Å². The largest absolute Gasteiger partial charge is 0.476 e. The Morgan fingerprint density at radius 2 is 2.00 bits per heavy atom. The average Bonchev–Trinajstić information content (AvgIpc) is 2.68. The smallest absolute Gasteiger partial charge is 0.237 e. The number of nitrogens with one attached hydrogen (secondary N) is 2. The van der Waals surface area contributed by atoms with Crippen LogP contribution in [0.5, 0.6) is 5.88 Å². The van der Waals surface area contributed by atoms with E-state index in [2.05, 4.69) is 39.4 Å². The molecule has 7 nitrogen and oxygen atoms in total. The van der Waals surface area contributed by atoms with Crippen LogP contribution in [0.3, 0.4) is 0 Å². The van der Waals surface area contributed by atoms with E-state index in [9.17, 15) is 0 Å². The molecule has 148 valence electrons. The van der Waals surface area contributed by atoms with E-state index in [1.54, 1.807) is 12.4 Å². The first-order chi connectivity index (χ1) is 13.6. The summed E-state index contributed by atoms with van der Waals surface area (Å²) in [6, 6.07) is 7.92. The van der Waals surface area contributed by atoms with Crippen LogP contribution >= 0.6 is 0 Å². The molecule has 3 rings (SSSR count). The molecule has 1 aromatic carbocycles. The van der Waals surface area contributed by atoms with E-state index in [1.165, 1.54) is 0 Å². The number of rotatable bonds is 9. The molecule has 0 amide bonds. The molecule has 2 heterocycles. The van der Waals surface area contributed by atoms with Gasteiger partial charge in [0.1, 0.15) is 5.82 Å². The number of aliphatic hydroxyl groups excluding tert-OH is 1. The maximum atomic E-state index is 9.02. The van der Waals surface area contributed by atoms with Gasteiger partial charge in [0.25, 0.3) is 0 Å². The fourth-order valence-corrected chi connectivity index (χ4v) is 2.74. The van der Waals surface area contributed by atoms with Crippen LogP contribution in [0, 0.1) is 12.8 Å². The van der Waals surface area contributed by atoms with Gasteiger partial charge in [0.15, 0.2) is 5.82 Å². The van der Waals surface area contributed by atoms with Gasteiger partial charge in [-0.25, -0.2) is 4.98 Å². The Bertz CT molecular complexity index is 930. The Hall–Kier alpha value is -2.93. The number of hydrogen-bond donors (Lipinski definition) is 3. The van der Waals surface area contributed by atoms with Crippen LogP contribution in [0.15, 0.2) is 36.7 Å². The normalized spacial score (nSPS) is 11.0. The van der Waals surface area contributed by atoms with Crippen LogP contribution < -0.4 is 15.4 Å². The zero-order valence-corrected chi connectivity index (χ0v) is 16.6. The minimum absolute atomic E-state index is 0.0805. The molecule has 3 aromatic rings. The molecule has 0 bridgehead atoms. The quantitative estimate of drug-likeness (QED) is 0.517. The van der Waals surface area contributed by atoms with Gasteiger partial charge in [0.05, 0.1) is 25.1 Å². The highest BCUT2D eigenvalue weighted by molar-refractivity contribution is 5.94. The number of hydrogen-bond acceptors (Lipinski definition) is 7. The topological polar surface area (TPSA) is 92.2 Å². The summed E-state index contributed by atoms with van der Waals surface area (Å²) in [5, 5.41) is 17.4. The molecule has 0 radical (unpaired) electrons. The SMILES string of the molecule is Cc1ncc(Nc2cc3cccc(NCCO)c3cn2)nc1OCCC(C)C. The second kappa shape index (κ2) is 9.32. The minimum atomic E-state index is 0.0805. The molecule has 0 atom stereocenters. The van der Waals surface area contributed by atoms with Crippen LogP contribution in [0.25, 0.3) is 10.8 Å². The predicted molar refractivity (Wildman–Crippen MR) is 112 cm³/mol. The second-order valence-electron chi connectivity index (χ2n) is 7.05. The van der Waals surface area contributed by atoms with Crippen LogP contribution in [0.1, 0.15) is 26.0 Å². The molecule has 0 unspecified atom stereocenters. The number of nitrogens with zero attached hydrogens (tertiary/aromatic N) is 3. The highest BCUT2D eigenvalue weighted by Crippen LogP contribution is 2.26. The van der Waals surface area contributed by atoms with Crippen molar-refractivity contribution >= 4 is 28.1 Å². The summed E-state index contributed by atoms with van der Waals surface area (Å²) in [6.07, 6.45) is 4.45. The molecule has 0 aliphatic heterocycles. The average molecular weight is 381 g/mol. The van der Waals surface area contributed by atoms with Gasteiger partial charge in [0, 0.05) is 23.8 Å². The lowest BCUT2D eigenvalue weighted by Gasteiger charge is -2.12. The van der Waals surface area contributed by atoms with Gasteiger partial charge in [0.2, 0.25) is 5.88 Å². The van der Waals surface area contributed by atoms with Crippen molar-refractivity contribution < 1.29 is 9.84 Å². The summed E-state index contributed by atoms with van der Waals surface area (Å²) in [4.78, 5) is 13.4. The van der Waals surface area contributed by atoms with Crippen molar-refractivity contribution in [1.29, 1.82) is 0 Å². The Morgan fingerprint density at radius 1 is 1.14 bits per heavy atom. The Morgan fingerprint density at radius 3 is 2.79 bits per heavy atom. The zero-order valence-electron chi connectivity index (χ0n) is 16.6. The van der Waals surface area contributed by atoms with Gasteiger partial charge in [-0.05, 0) is 36.8 Å². The van der Waals surface area contributed by atoms with E-state index >= 15 is 0 Å². The summed E-state index contributed by atoms with van der Waals surface area (Å²) in [5.41, 5.74) is 1.71. The number of anilines is 3. The van der Waals surface area contributed by atoms with E-state index in [0.717, 1.165) is 28.6 Å². The van der Waals surface area contributed by atoms with Crippen LogP contribution in [0.2, 0.25) is 0 Å². The van der Waals surface area contributed by atoms with Crippen molar-refractivity contribution in [2.75, 3.05) is 30.4 Å². The van der Waals surface area contributed by atoms with Crippen molar-refractivity contribution in [3.05, 3.63) is 42.4 Å². The molecule has 2 aromatic heterocycles. The first kappa shape index (κ1) is 19.8. The summed E-state index contributed by atoms with van der Waals surface area (Å²) in [7, 11) is 0. The number of fused-ring (bicyclic) bond motifs is 1. The third-order valence-corrected chi connectivity index (χ3v) is 4.29. The van der Waals surface area contributed by atoms with E-state index < -0.39 is 0 Å². The molecular weight excluding hydrogens is 354 g/mol. The highest BCUT2D eigenvalue weighted by Gasteiger charge is 2.08. The fourth-order valence-electron chi connectivity index (χ4n) is 2.74. The number of pyridine rings is 1. The van der Waals surface area contributed by atoms with Crippen molar-refractivity contribution in [3.8, 4) is 5.88 Å². The molecule has 0 fully saturated rings. The van der Waals surface area contributed by atoms with E-state index in [0.29, 0.717) is 36.6 Å². The lowest BCUT2D eigenvalue weighted by atomic mass is 10.1. The standard InChI is InChI=1S/C21H27N5O2/c1-14(2)7-10-28-21-15(3)23-13-20(26-21)25-19-11-16-5-4-6-18(22-8-9-27)17(16)12-24-19/h4-6,11-14,22,27H,7-10H2,1-3H3,(H,24,25,26). The van der Waals surface area contributed by atoms with Crippen LogP contribution in [0.4, 0.5) is 17.3 Å². The summed E-state index contributed by atoms with van der Waals surface area (Å²) < 4.78 is 5.79. The van der Waals surface area contributed by atoms with Gasteiger partial charge in [-0.2, -0.15) is 4.98 Å². The second-order valence-corrected chi connectivity index (χ2v) is 7.05. The molecule has 3 N–H and O–H groups in total. The lowest BCUT2D eigenvalue weighted by molar-refractivity contribution is 0.276. The predicted octanol–water partition coefficient (Wildman–Crippen LogP) is 3.91. The van der Waals surface area contributed by atoms with Crippen molar-refractivity contribution in [1.82, 2.24) is 15.0 Å². The van der Waals surface area contributed by atoms with E-state index in [1.807, 2.05) is 31.2 Å². The van der Waals surface area contributed by atoms with Gasteiger partial charge in [-0.1, -0.05) is 26.0 Å². The fraction of sp³-hybridized carbons (Fsp3) is 0.381. The monoisotopic (exact) mass is 381 g/mol. The molecule has 0 aliphatic carbocycles. The summed E-state index contributed by atoms with van der Waals surface area (Å²) in [6.45, 7) is 7.41. The molecule has 28 heavy (non-hydrogen) atoms. The van der Waals surface area contributed by atoms with Crippen molar-refractivity contribution in [2.45, 2.75) is 27.2 Å². The molecule has 0 spiro atoms. The molecule has 0 saturated heterocycles. The Kier molecular flexibility index (Phi) is 6.60. The minimum Gasteiger partial charge on any atom is -0.476 e. The number of aromatic nitrogens is 3. The maximum Gasteiger partial charge on any atom is 0.237 e. The maximum absolute atomic E-state index is 9.02. The van der Waals surface area contributed by atoms with Crippen LogP contribution in [-0.2, 0) is 0 Å². The number of benzene rings is 1. The molecular formula is C21H27N5O2. The molecule has 7 heteroatoms. The first-order valence-electron chi connectivity index (χ1n) is 9.54. The Labute approximate surface area is 165 Å². The van der Waals surface area contributed by atoms with E-state index in [-0.39, 0.29) is 6.61 Å². The number of aliphatic hydroxyl groups is 1. The van der Waals surface area contributed by atoms with Crippen molar-refractivity contribution in [3.63, 3.8) is 0 Å². The van der Waals surface area contributed by atoms with Crippen LogP contribution in [-0.4, -0.2) is 39.8 Å². The Balaban J connectivity index is 1.77. The summed E-state index contributed by atoms with van der Waals surface area (Å²) >= 11 is 0. The lowest BCUT2D eigenvalue weighted by Crippen LogP contribution is -2.07. The van der Waals surface area contributed by atoms with E-state index in [4.69, 9.17) is 9.84 Å². The first-order valence-corrected chi connectivity index (χ1v) is 9.54. The highest BCUT2D eigenvalue weighted by atomic mass is 16.5. The summed E-state index contributed by atoms with van der Waals surface area (Å²) in [5.74, 6) is 2.39. The third-order valence-electron chi connectivity index (χ3n) is 4.29. The van der Waals surface area contributed by atoms with Gasteiger partial charge in [-0.3, -0.25) is 4.98 Å². The molecule has 0 aliphatic rings. The number of ether oxygens (including phenoxy) is 1. The third kappa shape index (κ3) is 5.07. The van der Waals surface area contributed by atoms with Crippen molar-refractivity contribution in [2.24, 2.45) is 5.92 Å². The van der Waals surface area contributed by atoms with Gasteiger partial charge >= 0.3 is 0 Å². The number of aryl methyl sites for hydroxylation is 1.